The fourth-order valence-corrected chi connectivity index (χ4v) is 2.81. The van der Waals surface area contributed by atoms with Gasteiger partial charge in [-0.2, -0.15) is 0 Å². The van der Waals surface area contributed by atoms with Crippen molar-refractivity contribution >= 4 is 0 Å². The van der Waals surface area contributed by atoms with E-state index in [0.717, 1.165) is 18.4 Å². The zero-order chi connectivity index (χ0) is 12.3. The highest BCUT2D eigenvalue weighted by atomic mass is 15.2. The molecule has 1 aromatic rings. The molecule has 17 heavy (non-hydrogen) atoms. The zero-order valence-electron chi connectivity index (χ0n) is 11.0. The Bertz CT molecular complexity index is 334. The molecule has 0 amide bonds. The number of benzene rings is 1. The Morgan fingerprint density at radius 1 is 1.29 bits per heavy atom. The summed E-state index contributed by atoms with van der Waals surface area (Å²) in [7, 11) is 0. The molecule has 2 atom stereocenters. The molecule has 2 N–H and O–H groups in total. The van der Waals surface area contributed by atoms with Crippen LogP contribution in [-0.2, 0) is 0 Å². The fourth-order valence-electron chi connectivity index (χ4n) is 2.81. The minimum Gasteiger partial charge on any atom is -0.329 e. The van der Waals surface area contributed by atoms with E-state index in [9.17, 15) is 0 Å². The zero-order valence-corrected chi connectivity index (χ0v) is 11.0. The van der Waals surface area contributed by atoms with E-state index in [1.54, 1.807) is 0 Å². The van der Waals surface area contributed by atoms with Crippen molar-refractivity contribution < 1.29 is 0 Å². The van der Waals surface area contributed by atoms with Crippen LogP contribution < -0.4 is 5.73 Å². The predicted molar refractivity (Wildman–Crippen MR) is 72.8 cm³/mol. The normalized spacial score (nSPS) is 23.2. The second-order valence-electron chi connectivity index (χ2n) is 5.45. The molecule has 2 heteroatoms. The Morgan fingerprint density at radius 2 is 2.00 bits per heavy atom. The summed E-state index contributed by atoms with van der Waals surface area (Å²) in [6.45, 7) is 7.77. The number of hydrogen-bond acceptors (Lipinski definition) is 2. The third kappa shape index (κ3) is 2.88. The van der Waals surface area contributed by atoms with Crippen LogP contribution >= 0.6 is 0 Å². The van der Waals surface area contributed by atoms with Crippen molar-refractivity contribution in [1.82, 2.24) is 4.90 Å². The van der Waals surface area contributed by atoms with Gasteiger partial charge >= 0.3 is 0 Å². The Morgan fingerprint density at radius 3 is 2.53 bits per heavy atom. The maximum atomic E-state index is 5.96. The summed E-state index contributed by atoms with van der Waals surface area (Å²) in [4.78, 5) is 2.56. The molecule has 94 valence electrons. The van der Waals surface area contributed by atoms with Crippen LogP contribution in [0.5, 0.6) is 0 Å². The lowest BCUT2D eigenvalue weighted by molar-refractivity contribution is 0.232. The monoisotopic (exact) mass is 232 g/mol. The molecule has 1 aromatic carbocycles. The molecule has 0 aliphatic carbocycles. The first-order valence-electron chi connectivity index (χ1n) is 6.71. The van der Waals surface area contributed by atoms with E-state index >= 15 is 0 Å². The van der Waals surface area contributed by atoms with Crippen molar-refractivity contribution in [1.29, 1.82) is 0 Å². The fraction of sp³-hybridized carbons (Fsp3) is 0.600. The predicted octanol–water partition coefficient (Wildman–Crippen LogP) is 2.66. The van der Waals surface area contributed by atoms with Gasteiger partial charge in [0.25, 0.3) is 0 Å². The summed E-state index contributed by atoms with van der Waals surface area (Å²) in [5.41, 5.74) is 7.33. The largest absolute Gasteiger partial charge is 0.329 e. The Kier molecular flexibility index (Phi) is 4.19. The standard InChI is InChI=1S/C15H24N2/c1-12(2)14-8-9-17(11-14)15(10-16)13-6-4-3-5-7-13/h3-7,12,14-15H,8-11,16H2,1-2H3. The molecule has 0 saturated carbocycles. The number of nitrogens with two attached hydrogens (primary N) is 1. The summed E-state index contributed by atoms with van der Waals surface area (Å²) in [5.74, 6) is 1.63. The first-order chi connectivity index (χ1) is 8.22. The van der Waals surface area contributed by atoms with Gasteiger partial charge in [0.1, 0.15) is 0 Å². The lowest BCUT2D eigenvalue weighted by Crippen LogP contribution is -2.32. The molecule has 2 unspecified atom stereocenters. The molecule has 0 radical (unpaired) electrons. The van der Waals surface area contributed by atoms with Crippen LogP contribution in [0.25, 0.3) is 0 Å². The highest BCUT2D eigenvalue weighted by molar-refractivity contribution is 5.19. The molecule has 0 spiro atoms. The maximum Gasteiger partial charge on any atom is 0.0470 e. The van der Waals surface area contributed by atoms with Gasteiger partial charge in [0.2, 0.25) is 0 Å². The molecule has 0 bridgehead atoms. The lowest BCUT2D eigenvalue weighted by atomic mass is 9.95. The average Bonchev–Trinajstić information content (AvgIpc) is 2.81. The first-order valence-corrected chi connectivity index (χ1v) is 6.71. The van der Waals surface area contributed by atoms with E-state index in [1.807, 2.05) is 0 Å². The van der Waals surface area contributed by atoms with Crippen LogP contribution in [0, 0.1) is 11.8 Å². The van der Waals surface area contributed by atoms with Gasteiger partial charge in [0, 0.05) is 19.1 Å². The summed E-state index contributed by atoms with van der Waals surface area (Å²) >= 11 is 0. The van der Waals surface area contributed by atoms with Crippen molar-refractivity contribution in [3.05, 3.63) is 35.9 Å². The molecule has 2 nitrogen and oxygen atoms in total. The first kappa shape index (κ1) is 12.6. The summed E-state index contributed by atoms with van der Waals surface area (Å²) in [6.07, 6.45) is 1.32. The van der Waals surface area contributed by atoms with E-state index in [2.05, 4.69) is 49.1 Å². The van der Waals surface area contributed by atoms with Gasteiger partial charge in [-0.1, -0.05) is 44.2 Å². The summed E-state index contributed by atoms with van der Waals surface area (Å²) < 4.78 is 0. The summed E-state index contributed by atoms with van der Waals surface area (Å²) in [6, 6.07) is 11.1. The van der Waals surface area contributed by atoms with Crippen molar-refractivity contribution in [3.8, 4) is 0 Å². The SMILES string of the molecule is CC(C)C1CCN(C(CN)c2ccccc2)C1. The Labute approximate surface area is 105 Å². The average molecular weight is 232 g/mol. The minimum absolute atomic E-state index is 0.403. The van der Waals surface area contributed by atoms with Crippen LogP contribution in [0.1, 0.15) is 31.9 Å². The highest BCUT2D eigenvalue weighted by Gasteiger charge is 2.29. The van der Waals surface area contributed by atoms with Crippen LogP contribution in [0.4, 0.5) is 0 Å². The lowest BCUT2D eigenvalue weighted by Gasteiger charge is -2.27. The van der Waals surface area contributed by atoms with Gasteiger partial charge in [-0.25, -0.2) is 0 Å². The van der Waals surface area contributed by atoms with Gasteiger partial charge in [0.15, 0.2) is 0 Å². The second-order valence-corrected chi connectivity index (χ2v) is 5.45. The maximum absolute atomic E-state index is 5.96. The number of rotatable bonds is 4. The van der Waals surface area contributed by atoms with Gasteiger partial charge in [-0.05, 0) is 30.4 Å². The minimum atomic E-state index is 0.403. The molecule has 1 saturated heterocycles. The van der Waals surface area contributed by atoms with E-state index < -0.39 is 0 Å². The van der Waals surface area contributed by atoms with Gasteiger partial charge in [0.05, 0.1) is 0 Å². The smallest absolute Gasteiger partial charge is 0.0470 e. The summed E-state index contributed by atoms with van der Waals surface area (Å²) in [5, 5.41) is 0. The van der Waals surface area contributed by atoms with Crippen molar-refractivity contribution in [2.24, 2.45) is 17.6 Å². The molecule has 1 aliphatic heterocycles. The number of hydrogen-bond donors (Lipinski definition) is 1. The highest BCUT2D eigenvalue weighted by Crippen LogP contribution is 2.30. The van der Waals surface area contributed by atoms with E-state index in [-0.39, 0.29) is 0 Å². The van der Waals surface area contributed by atoms with Crippen molar-refractivity contribution in [2.45, 2.75) is 26.3 Å². The van der Waals surface area contributed by atoms with Crippen LogP contribution in [0.15, 0.2) is 30.3 Å². The molecule has 1 fully saturated rings. The van der Waals surface area contributed by atoms with Crippen LogP contribution in [-0.4, -0.2) is 24.5 Å². The molecular weight excluding hydrogens is 208 g/mol. The molecular formula is C15H24N2. The van der Waals surface area contributed by atoms with Gasteiger partial charge < -0.3 is 5.73 Å². The van der Waals surface area contributed by atoms with Crippen molar-refractivity contribution in [2.75, 3.05) is 19.6 Å². The second kappa shape index (κ2) is 5.65. The van der Waals surface area contributed by atoms with Gasteiger partial charge in [-0.3, -0.25) is 4.90 Å². The third-order valence-electron chi connectivity index (χ3n) is 4.05. The van der Waals surface area contributed by atoms with Crippen LogP contribution in [0.3, 0.4) is 0 Å². The third-order valence-corrected chi connectivity index (χ3v) is 4.05. The van der Waals surface area contributed by atoms with Gasteiger partial charge in [-0.15, -0.1) is 0 Å². The number of likely N-dealkylation sites (tertiary alicyclic amines) is 1. The molecule has 1 heterocycles. The molecule has 0 aromatic heterocycles. The van der Waals surface area contributed by atoms with Crippen molar-refractivity contribution in [3.63, 3.8) is 0 Å². The van der Waals surface area contributed by atoms with E-state index in [0.29, 0.717) is 6.04 Å². The number of nitrogens with zero attached hydrogens (tertiary/aromatic N) is 1. The Balaban J connectivity index is 2.06. The van der Waals surface area contributed by atoms with E-state index in [1.165, 1.54) is 25.1 Å². The molecule has 1 aliphatic rings. The molecule has 2 rings (SSSR count). The Hall–Kier alpha value is -0.860. The topological polar surface area (TPSA) is 29.3 Å². The quantitative estimate of drug-likeness (QED) is 0.864. The van der Waals surface area contributed by atoms with E-state index in [4.69, 9.17) is 5.73 Å². The van der Waals surface area contributed by atoms with Crippen LogP contribution in [0.2, 0.25) is 0 Å².